The van der Waals surface area contributed by atoms with Crippen LogP contribution in [0.4, 0.5) is 0 Å². The van der Waals surface area contributed by atoms with Gasteiger partial charge in [-0.05, 0) is 81.1 Å². The van der Waals surface area contributed by atoms with E-state index in [1.807, 2.05) is 12.2 Å². The van der Waals surface area contributed by atoms with Crippen molar-refractivity contribution in [2.75, 3.05) is 0 Å². The van der Waals surface area contributed by atoms with E-state index in [0.717, 1.165) is 25.7 Å². The van der Waals surface area contributed by atoms with Gasteiger partial charge in [0, 0.05) is 34.2 Å². The number of rotatable bonds is 8. The third-order valence-corrected chi connectivity index (χ3v) is 10.2. The third kappa shape index (κ3) is 5.88. The molecule has 0 aromatic heterocycles. The zero-order valence-electron chi connectivity index (χ0n) is 21.1. The number of hydrogen-bond donors (Lipinski definition) is 2. The van der Waals surface area contributed by atoms with E-state index in [1.165, 1.54) is 10.1 Å². The minimum Gasteiger partial charge on any atom is -0.391 e. The normalized spacial score (nSPS) is 27.2. The lowest BCUT2D eigenvalue weighted by atomic mass is 9.80. The summed E-state index contributed by atoms with van der Waals surface area (Å²) in [6.45, 7) is 24.4. The van der Waals surface area contributed by atoms with E-state index in [9.17, 15) is 10.4 Å². The van der Waals surface area contributed by atoms with E-state index in [0.29, 0.717) is 12.1 Å². The molecule has 180 valence electrons. The Bertz CT molecular complexity index is 570. The van der Waals surface area contributed by atoms with Crippen LogP contribution in [0.3, 0.4) is 0 Å². The minimum absolute atomic E-state index is 0.0149. The highest BCUT2D eigenvalue weighted by Crippen LogP contribution is 2.43. The molecule has 2 aliphatic heterocycles. The molecule has 6 nitrogen and oxygen atoms in total. The summed E-state index contributed by atoms with van der Waals surface area (Å²) in [5.74, 6) is 0. The molecule has 2 aliphatic rings. The Morgan fingerprint density at radius 1 is 0.710 bits per heavy atom. The smallest absolute Gasteiger partial charge is 0.346 e. The Morgan fingerprint density at radius 3 is 1.19 bits per heavy atom. The van der Waals surface area contributed by atoms with Crippen molar-refractivity contribution >= 4 is 8.56 Å². The maximum Gasteiger partial charge on any atom is 0.346 e. The SMILES string of the molecule is C=CC[Si](CC=C)(OC1CC(C)(C)N(O)C(C)(C)C1)OC1CC(C)(C)N(O)C(C)(C)C1. The van der Waals surface area contributed by atoms with Crippen molar-refractivity contribution in [3.63, 3.8) is 0 Å². The molecule has 0 spiro atoms. The molecule has 0 aliphatic carbocycles. The van der Waals surface area contributed by atoms with E-state index in [1.54, 1.807) is 0 Å². The second kappa shape index (κ2) is 9.01. The van der Waals surface area contributed by atoms with Crippen LogP contribution < -0.4 is 0 Å². The molecular weight excluding hydrogens is 408 g/mol. The van der Waals surface area contributed by atoms with Crippen LogP contribution in [-0.2, 0) is 8.85 Å². The van der Waals surface area contributed by atoms with Gasteiger partial charge in [-0.1, -0.05) is 12.2 Å². The van der Waals surface area contributed by atoms with Crippen LogP contribution in [0, 0.1) is 0 Å². The summed E-state index contributed by atoms with van der Waals surface area (Å²) in [6, 6.07) is 1.36. The summed E-state index contributed by atoms with van der Waals surface area (Å²) in [7, 11) is -2.70. The molecule has 2 N–H and O–H groups in total. The first-order valence-electron chi connectivity index (χ1n) is 11.6. The molecule has 0 unspecified atom stereocenters. The van der Waals surface area contributed by atoms with Crippen LogP contribution in [0.5, 0.6) is 0 Å². The van der Waals surface area contributed by atoms with E-state index < -0.39 is 8.56 Å². The molecular formula is C24H46N2O4Si. The summed E-state index contributed by atoms with van der Waals surface area (Å²) >= 11 is 0. The first kappa shape index (κ1) is 26.7. The van der Waals surface area contributed by atoms with E-state index in [4.69, 9.17) is 8.85 Å². The molecule has 2 rings (SSSR count). The predicted molar refractivity (Wildman–Crippen MR) is 128 cm³/mol. The lowest BCUT2D eigenvalue weighted by Gasteiger charge is -2.54. The van der Waals surface area contributed by atoms with Gasteiger partial charge in [0.1, 0.15) is 0 Å². The number of hydroxylamine groups is 4. The average Bonchev–Trinajstić information content (AvgIpc) is 2.57. The van der Waals surface area contributed by atoms with Gasteiger partial charge in [0.05, 0.1) is 12.2 Å². The lowest BCUT2D eigenvalue weighted by Crippen LogP contribution is -2.64. The van der Waals surface area contributed by atoms with E-state index >= 15 is 0 Å². The topological polar surface area (TPSA) is 65.4 Å². The Hall–Kier alpha value is -0.543. The summed E-state index contributed by atoms with van der Waals surface area (Å²) in [4.78, 5) is 0. The molecule has 7 heteroatoms. The van der Waals surface area contributed by atoms with E-state index in [-0.39, 0.29) is 34.4 Å². The zero-order chi connectivity index (χ0) is 23.9. The molecule has 31 heavy (non-hydrogen) atoms. The van der Waals surface area contributed by atoms with Crippen molar-refractivity contribution < 1.29 is 19.3 Å². The van der Waals surface area contributed by atoms with Crippen LogP contribution in [0.2, 0.25) is 12.1 Å². The highest BCUT2D eigenvalue weighted by atomic mass is 28.4. The zero-order valence-corrected chi connectivity index (χ0v) is 22.1. The summed E-state index contributed by atoms with van der Waals surface area (Å²) in [6.07, 6.45) is 6.70. The van der Waals surface area contributed by atoms with Crippen LogP contribution in [0.25, 0.3) is 0 Å². The first-order valence-corrected chi connectivity index (χ1v) is 13.8. The van der Waals surface area contributed by atoms with Crippen molar-refractivity contribution in [3.8, 4) is 0 Å². The Kier molecular flexibility index (Phi) is 7.76. The Morgan fingerprint density at radius 2 is 0.968 bits per heavy atom. The maximum atomic E-state index is 10.7. The average molecular weight is 455 g/mol. The fourth-order valence-electron chi connectivity index (χ4n) is 5.88. The van der Waals surface area contributed by atoms with Gasteiger partial charge >= 0.3 is 8.56 Å². The molecule has 0 radical (unpaired) electrons. The molecule has 2 heterocycles. The molecule has 0 bridgehead atoms. The molecule has 2 fully saturated rings. The summed E-state index contributed by atoms with van der Waals surface area (Å²) < 4.78 is 13.8. The van der Waals surface area contributed by atoms with Gasteiger partial charge in [-0.15, -0.1) is 13.2 Å². The summed E-state index contributed by atoms with van der Waals surface area (Å²) in [5, 5.41) is 24.3. The predicted octanol–water partition coefficient (Wildman–Crippen LogP) is 5.66. The van der Waals surface area contributed by atoms with Crippen LogP contribution in [0.15, 0.2) is 25.3 Å². The molecule has 0 atom stereocenters. The van der Waals surface area contributed by atoms with Crippen molar-refractivity contribution in [2.45, 2.75) is 128 Å². The van der Waals surface area contributed by atoms with Gasteiger partial charge in [0.15, 0.2) is 0 Å². The fraction of sp³-hybridized carbons (Fsp3) is 0.833. The number of piperidine rings is 2. The Balaban J connectivity index is 2.31. The highest BCUT2D eigenvalue weighted by molar-refractivity contribution is 6.68. The third-order valence-electron chi connectivity index (χ3n) is 6.88. The van der Waals surface area contributed by atoms with Gasteiger partial charge < -0.3 is 19.3 Å². The van der Waals surface area contributed by atoms with Gasteiger partial charge in [-0.3, -0.25) is 0 Å². The molecule has 0 aromatic rings. The molecule has 0 saturated carbocycles. The molecule has 0 amide bonds. The maximum absolute atomic E-state index is 10.7. The van der Waals surface area contributed by atoms with Crippen LogP contribution in [-0.4, -0.2) is 63.5 Å². The van der Waals surface area contributed by atoms with Gasteiger partial charge in [0.2, 0.25) is 0 Å². The monoisotopic (exact) mass is 454 g/mol. The van der Waals surface area contributed by atoms with Crippen molar-refractivity contribution in [1.29, 1.82) is 0 Å². The molecule has 0 aromatic carbocycles. The number of nitrogens with zero attached hydrogens (tertiary/aromatic N) is 2. The van der Waals surface area contributed by atoms with Gasteiger partial charge in [-0.25, -0.2) is 0 Å². The quantitative estimate of drug-likeness (QED) is 0.365. The van der Waals surface area contributed by atoms with Crippen LogP contribution in [0.1, 0.15) is 81.1 Å². The van der Waals surface area contributed by atoms with E-state index in [2.05, 4.69) is 68.5 Å². The second-order valence-corrected chi connectivity index (χ2v) is 15.2. The molecule has 2 saturated heterocycles. The van der Waals surface area contributed by atoms with Gasteiger partial charge in [-0.2, -0.15) is 10.1 Å². The van der Waals surface area contributed by atoms with Gasteiger partial charge in [0.25, 0.3) is 0 Å². The van der Waals surface area contributed by atoms with Crippen molar-refractivity contribution in [3.05, 3.63) is 25.3 Å². The lowest BCUT2D eigenvalue weighted by molar-refractivity contribution is -0.260. The second-order valence-electron chi connectivity index (χ2n) is 12.1. The van der Waals surface area contributed by atoms with Crippen molar-refractivity contribution in [2.24, 2.45) is 0 Å². The number of hydrogen-bond acceptors (Lipinski definition) is 6. The Labute approximate surface area is 191 Å². The highest BCUT2D eigenvalue weighted by Gasteiger charge is 2.51. The van der Waals surface area contributed by atoms with Crippen LogP contribution >= 0.6 is 0 Å². The number of allylic oxidation sites excluding steroid dienone is 2. The standard InChI is InChI=1S/C24H46N2O4Si/c1-11-13-31(14-12-2,29-19-15-21(3,4)25(27)22(5,6)16-19)30-20-17-23(7,8)26(28)24(9,10)18-20/h11-12,19-20,27-28H,1-2,13-18H2,3-10H3. The first-order chi connectivity index (χ1) is 14.0. The summed E-state index contributed by atoms with van der Waals surface area (Å²) in [5.41, 5.74) is -1.55. The minimum atomic E-state index is -2.70. The fourth-order valence-corrected chi connectivity index (χ4v) is 8.91. The van der Waals surface area contributed by atoms with Crippen molar-refractivity contribution in [1.82, 2.24) is 10.1 Å². The largest absolute Gasteiger partial charge is 0.391 e.